The second kappa shape index (κ2) is 11.4. The summed E-state index contributed by atoms with van der Waals surface area (Å²) in [6.07, 6.45) is 4.92. The second-order valence-electron chi connectivity index (χ2n) is 7.80. The van der Waals surface area contributed by atoms with Gasteiger partial charge in [0.2, 0.25) is 0 Å². The predicted molar refractivity (Wildman–Crippen MR) is 127 cm³/mol. The number of benzene rings is 1. The lowest BCUT2D eigenvalue weighted by atomic mass is 10.0. The van der Waals surface area contributed by atoms with Gasteiger partial charge < -0.3 is 25.0 Å². The Morgan fingerprint density at radius 3 is 2.42 bits per heavy atom. The van der Waals surface area contributed by atoms with Crippen LogP contribution in [0.3, 0.4) is 0 Å². The van der Waals surface area contributed by atoms with Crippen LogP contribution in [0.4, 0.5) is 5.69 Å². The van der Waals surface area contributed by atoms with Crippen LogP contribution in [0.5, 0.6) is 11.5 Å². The Morgan fingerprint density at radius 2 is 1.84 bits per heavy atom. The van der Waals surface area contributed by atoms with Crippen LogP contribution in [0, 0.1) is 6.92 Å². The number of aryl methyl sites for hydroxylation is 1. The van der Waals surface area contributed by atoms with E-state index in [2.05, 4.69) is 45.6 Å². The van der Waals surface area contributed by atoms with Crippen molar-refractivity contribution in [3.63, 3.8) is 0 Å². The summed E-state index contributed by atoms with van der Waals surface area (Å²) in [5.41, 5.74) is 3.40. The van der Waals surface area contributed by atoms with E-state index in [9.17, 15) is 0 Å². The molecule has 0 spiro atoms. The van der Waals surface area contributed by atoms with Crippen molar-refractivity contribution in [1.29, 1.82) is 0 Å². The number of piperidine rings is 1. The number of anilines is 1. The van der Waals surface area contributed by atoms with Crippen LogP contribution in [0.25, 0.3) is 0 Å². The quantitative estimate of drug-likeness (QED) is 0.500. The lowest BCUT2D eigenvalue weighted by Gasteiger charge is -2.34. The number of aliphatic imine (C=N–C) groups is 1. The molecule has 2 N–H and O–H groups in total. The highest BCUT2D eigenvalue weighted by atomic mass is 16.5. The maximum atomic E-state index is 5.42. The first-order valence-corrected chi connectivity index (χ1v) is 11.1. The minimum atomic E-state index is 0.405. The van der Waals surface area contributed by atoms with Crippen molar-refractivity contribution in [3.05, 3.63) is 47.8 Å². The molecule has 0 saturated carbocycles. The molecule has 1 aliphatic rings. The molecule has 1 aromatic carbocycles. The van der Waals surface area contributed by atoms with Crippen LogP contribution in [-0.4, -0.2) is 57.4 Å². The number of nitrogens with one attached hydrogen (secondary N) is 2. The summed E-state index contributed by atoms with van der Waals surface area (Å²) < 4.78 is 10.8. The van der Waals surface area contributed by atoms with E-state index in [1.165, 1.54) is 5.56 Å². The first-order valence-electron chi connectivity index (χ1n) is 11.1. The van der Waals surface area contributed by atoms with Gasteiger partial charge in [-0.2, -0.15) is 0 Å². The Hall–Kier alpha value is -2.96. The summed E-state index contributed by atoms with van der Waals surface area (Å²) in [6, 6.07) is 10.6. The predicted octanol–water partition coefficient (Wildman–Crippen LogP) is 3.17. The average Bonchev–Trinajstić information content (AvgIpc) is 2.80. The van der Waals surface area contributed by atoms with Crippen molar-refractivity contribution in [2.45, 2.75) is 39.2 Å². The van der Waals surface area contributed by atoms with E-state index >= 15 is 0 Å². The van der Waals surface area contributed by atoms with E-state index in [1.807, 2.05) is 25.3 Å². The van der Waals surface area contributed by atoms with Crippen molar-refractivity contribution in [2.24, 2.45) is 4.99 Å². The highest BCUT2D eigenvalue weighted by molar-refractivity contribution is 5.80. The molecule has 1 fully saturated rings. The molecular formula is C24H35N5O2. The van der Waals surface area contributed by atoms with Gasteiger partial charge in [-0.1, -0.05) is 6.07 Å². The Labute approximate surface area is 185 Å². The third-order valence-corrected chi connectivity index (χ3v) is 5.52. The number of guanidine groups is 1. The van der Waals surface area contributed by atoms with Crippen LogP contribution in [-0.2, 0) is 6.42 Å². The zero-order valence-electron chi connectivity index (χ0n) is 19.1. The average molecular weight is 426 g/mol. The summed E-state index contributed by atoms with van der Waals surface area (Å²) in [7, 11) is 3.37. The molecule has 3 rings (SSSR count). The molecule has 7 heteroatoms. The third kappa shape index (κ3) is 6.77. The molecule has 0 bridgehead atoms. The summed E-state index contributed by atoms with van der Waals surface area (Å²) in [5, 5.41) is 6.99. The number of hydrogen-bond acceptors (Lipinski definition) is 5. The molecule has 0 amide bonds. The van der Waals surface area contributed by atoms with Gasteiger partial charge >= 0.3 is 0 Å². The van der Waals surface area contributed by atoms with E-state index in [4.69, 9.17) is 14.5 Å². The molecule has 0 aliphatic carbocycles. The third-order valence-electron chi connectivity index (χ3n) is 5.52. The minimum absolute atomic E-state index is 0.405. The minimum Gasteiger partial charge on any atom is -0.497 e. The van der Waals surface area contributed by atoms with Gasteiger partial charge in [-0.05, 0) is 44.7 Å². The van der Waals surface area contributed by atoms with Gasteiger partial charge in [-0.15, -0.1) is 0 Å². The molecule has 168 valence electrons. The maximum absolute atomic E-state index is 5.42. The van der Waals surface area contributed by atoms with Gasteiger partial charge in [-0.3, -0.25) is 9.98 Å². The fourth-order valence-electron chi connectivity index (χ4n) is 3.71. The molecule has 2 heterocycles. The topological polar surface area (TPSA) is 71.0 Å². The fourth-order valence-corrected chi connectivity index (χ4v) is 3.71. The lowest BCUT2D eigenvalue weighted by molar-refractivity contribution is 0.393. The summed E-state index contributed by atoms with van der Waals surface area (Å²) in [4.78, 5) is 11.5. The fraction of sp³-hybridized carbons (Fsp3) is 0.500. The SMILES string of the molecule is CCNC(=NCCc1ccc(C)nc1)NC1CCN(c2cc(OC)cc(OC)c2)CC1. The molecule has 1 aliphatic heterocycles. The Balaban J connectivity index is 1.53. The standard InChI is InChI=1S/C24H35N5O2/c1-5-25-24(26-11-8-19-7-6-18(2)27-17-19)28-20-9-12-29(13-10-20)21-14-22(30-3)16-23(15-21)31-4/h6-7,14-17,20H,5,8-13H2,1-4H3,(H2,25,26,28). The number of rotatable bonds is 8. The van der Waals surface area contributed by atoms with E-state index in [0.29, 0.717) is 6.04 Å². The summed E-state index contributed by atoms with van der Waals surface area (Å²) in [5.74, 6) is 2.53. The van der Waals surface area contributed by atoms with Crippen molar-refractivity contribution in [1.82, 2.24) is 15.6 Å². The largest absolute Gasteiger partial charge is 0.497 e. The van der Waals surface area contributed by atoms with Crippen molar-refractivity contribution < 1.29 is 9.47 Å². The van der Waals surface area contributed by atoms with E-state index in [0.717, 1.165) is 74.3 Å². The molecule has 1 saturated heterocycles. The van der Waals surface area contributed by atoms with Crippen LogP contribution in [0.2, 0.25) is 0 Å². The van der Waals surface area contributed by atoms with Crippen LogP contribution < -0.4 is 25.0 Å². The summed E-state index contributed by atoms with van der Waals surface area (Å²) >= 11 is 0. The Kier molecular flexibility index (Phi) is 8.38. The van der Waals surface area contributed by atoms with Crippen molar-refractivity contribution in [2.75, 3.05) is 45.3 Å². The smallest absolute Gasteiger partial charge is 0.191 e. The molecule has 31 heavy (non-hydrogen) atoms. The van der Waals surface area contributed by atoms with Crippen molar-refractivity contribution in [3.8, 4) is 11.5 Å². The number of aromatic nitrogens is 1. The normalized spacial score (nSPS) is 15.0. The van der Waals surface area contributed by atoms with Gasteiger partial charge in [0.25, 0.3) is 0 Å². The number of nitrogens with zero attached hydrogens (tertiary/aromatic N) is 3. The lowest BCUT2D eigenvalue weighted by Crippen LogP contribution is -2.48. The highest BCUT2D eigenvalue weighted by Crippen LogP contribution is 2.30. The molecule has 0 radical (unpaired) electrons. The molecule has 2 aromatic rings. The van der Waals surface area contributed by atoms with E-state index in [-0.39, 0.29) is 0 Å². The van der Waals surface area contributed by atoms with Gasteiger partial charge in [0.15, 0.2) is 5.96 Å². The molecule has 0 unspecified atom stereocenters. The van der Waals surface area contributed by atoms with Gasteiger partial charge in [0.1, 0.15) is 11.5 Å². The molecule has 1 aromatic heterocycles. The van der Waals surface area contributed by atoms with Crippen LogP contribution in [0.1, 0.15) is 31.0 Å². The Bertz CT molecular complexity index is 823. The Morgan fingerprint density at radius 1 is 1.13 bits per heavy atom. The van der Waals surface area contributed by atoms with Crippen LogP contribution >= 0.6 is 0 Å². The number of methoxy groups -OCH3 is 2. The number of ether oxygens (including phenoxy) is 2. The van der Waals surface area contributed by atoms with E-state index < -0.39 is 0 Å². The van der Waals surface area contributed by atoms with E-state index in [1.54, 1.807) is 14.2 Å². The number of pyridine rings is 1. The maximum Gasteiger partial charge on any atom is 0.191 e. The van der Waals surface area contributed by atoms with Gasteiger partial charge in [0, 0.05) is 68.0 Å². The summed E-state index contributed by atoms with van der Waals surface area (Å²) in [6.45, 7) is 7.64. The van der Waals surface area contributed by atoms with Crippen molar-refractivity contribution >= 4 is 11.6 Å². The highest BCUT2D eigenvalue weighted by Gasteiger charge is 2.21. The van der Waals surface area contributed by atoms with Crippen LogP contribution in [0.15, 0.2) is 41.5 Å². The first-order chi connectivity index (χ1) is 15.1. The monoisotopic (exact) mass is 425 g/mol. The van der Waals surface area contributed by atoms with Gasteiger partial charge in [-0.25, -0.2) is 0 Å². The first kappa shape index (κ1) is 22.7. The molecule has 7 nitrogen and oxygen atoms in total. The molecular weight excluding hydrogens is 390 g/mol. The zero-order chi connectivity index (χ0) is 22.1. The molecule has 0 atom stereocenters. The second-order valence-corrected chi connectivity index (χ2v) is 7.80. The van der Waals surface area contributed by atoms with Gasteiger partial charge in [0.05, 0.1) is 14.2 Å². The number of hydrogen-bond donors (Lipinski definition) is 2. The zero-order valence-corrected chi connectivity index (χ0v) is 19.1.